The van der Waals surface area contributed by atoms with Gasteiger partial charge in [-0.3, -0.25) is 0 Å². The average molecular weight is 1440 g/mol. The predicted octanol–water partition coefficient (Wildman–Crippen LogP) is 10.6. The molecular formula is C62H40B2N8Pt2S4. The van der Waals surface area contributed by atoms with Gasteiger partial charge >= 0.3 is 42.1 Å². The molecule has 9 aromatic rings. The standard InChI is InChI=1S/C62H40B2N8S4.2Pt/c1-65-33-69(49-17-9-5-13-45(49)65)37-21-25-53-41(29-37)63-42-30-38(70-34-66(2)46-14-6-10-18-50(46)70)22-26-54(42)74-60-57(63)59(73-53)61-58-62(60)76-56-28-24-40(72-36-68(4)48-16-8-12-20-52(48)72)32-44(56)64(58)43-31-39(23-27-55(43)75-61)71-35-67(3)47-15-7-11-19-51(47)71;;/h5-28,33-36H,1-4H3;;/q-8;2*+4. The van der Waals surface area contributed by atoms with Crippen molar-refractivity contribution in [2.75, 3.05) is 67.4 Å². The molecule has 0 bridgehead atoms. The number of para-hydroxylation sites is 8. The first-order valence-corrected chi connectivity index (χ1v) is 28.6. The van der Waals surface area contributed by atoms with E-state index in [-0.39, 0.29) is 55.6 Å². The summed E-state index contributed by atoms with van der Waals surface area (Å²) in [6.07, 6.45) is 0. The number of nitrogens with zero attached hydrogens (tertiary/aromatic N) is 8. The Morgan fingerprint density at radius 3 is 0.756 bits per heavy atom. The van der Waals surface area contributed by atoms with Crippen LogP contribution in [0.5, 0.6) is 0 Å². The van der Waals surface area contributed by atoms with Gasteiger partial charge < -0.3 is 39.2 Å². The van der Waals surface area contributed by atoms with Gasteiger partial charge in [-0.2, -0.15) is 144 Å². The molecule has 8 aliphatic rings. The van der Waals surface area contributed by atoms with Crippen molar-refractivity contribution in [3.8, 4) is 0 Å². The van der Waals surface area contributed by atoms with Crippen molar-refractivity contribution in [1.29, 1.82) is 0 Å². The van der Waals surface area contributed by atoms with Gasteiger partial charge in [0, 0.05) is 65.1 Å². The number of benzene rings is 9. The van der Waals surface area contributed by atoms with Crippen LogP contribution in [0.3, 0.4) is 0 Å². The van der Waals surface area contributed by atoms with Gasteiger partial charge in [0.1, 0.15) is 0 Å². The molecule has 16 heteroatoms. The SMILES string of the molecule is CN1[CH-]N(c2[c-]c3c(cc2)Sc2c4c5c(c6c2B3c2[c-]c(N3[CH-]N(C)c7ccccc73)ccc2S6)Sc2ccc(N3[CH-]N(C)c6ccccc63)[c-]c2B5c2[c-]c(N3[CH-]N(C)c5ccccc53)ccc2S4)c2ccccc21.[Pt+4].[Pt+4]. The number of anilines is 12. The molecule has 78 heavy (non-hydrogen) atoms. The molecule has 0 N–H and O–H groups in total. The van der Waals surface area contributed by atoms with E-state index in [4.69, 9.17) is 0 Å². The quantitative estimate of drug-likeness (QED) is 0.124. The van der Waals surface area contributed by atoms with Crippen molar-refractivity contribution in [3.63, 3.8) is 0 Å². The van der Waals surface area contributed by atoms with Crippen molar-refractivity contribution in [2.24, 2.45) is 0 Å². The number of fused-ring (bicyclic) bond motifs is 14. The van der Waals surface area contributed by atoms with Gasteiger partial charge in [0.05, 0.1) is 0 Å². The molecule has 8 nitrogen and oxygen atoms in total. The summed E-state index contributed by atoms with van der Waals surface area (Å²) in [6, 6.07) is 69.5. The molecule has 0 atom stereocenters. The molecule has 8 heterocycles. The Kier molecular flexibility index (Phi) is 11.6. The Balaban J connectivity index is 0.00000264. The van der Waals surface area contributed by atoms with E-state index in [0.717, 1.165) is 45.5 Å². The van der Waals surface area contributed by atoms with Crippen molar-refractivity contribution in [2.45, 2.75) is 39.2 Å². The van der Waals surface area contributed by atoms with E-state index in [1.807, 2.05) is 47.0 Å². The molecular weight excluding hydrogens is 1400 g/mol. The molecule has 378 valence electrons. The van der Waals surface area contributed by atoms with E-state index in [0.29, 0.717) is 0 Å². The third kappa shape index (κ3) is 7.08. The average Bonchev–Trinajstić information content (AvgIpc) is 4.01. The topological polar surface area (TPSA) is 25.9 Å². The van der Waals surface area contributed by atoms with Crippen LogP contribution in [0.2, 0.25) is 0 Å². The molecule has 0 amide bonds. The normalized spacial score (nSPS) is 16.1. The van der Waals surface area contributed by atoms with Gasteiger partial charge in [-0.1, -0.05) is 48.5 Å². The monoisotopic (exact) mass is 1440 g/mol. The maximum atomic E-state index is 4.12. The van der Waals surface area contributed by atoms with Gasteiger partial charge in [0.15, 0.2) is 13.4 Å². The van der Waals surface area contributed by atoms with Gasteiger partial charge in [0.25, 0.3) is 0 Å². The van der Waals surface area contributed by atoms with E-state index in [2.05, 4.69) is 264 Å². The number of rotatable bonds is 4. The maximum Gasteiger partial charge on any atom is 4.00 e. The van der Waals surface area contributed by atoms with Gasteiger partial charge in [-0.05, 0) is 87.6 Å². The van der Waals surface area contributed by atoms with Crippen LogP contribution in [0, 0.1) is 50.9 Å². The predicted molar refractivity (Wildman–Crippen MR) is 318 cm³/mol. The van der Waals surface area contributed by atoms with E-state index in [1.165, 1.54) is 94.7 Å². The summed E-state index contributed by atoms with van der Waals surface area (Å²) < 4.78 is 0. The first-order chi connectivity index (χ1) is 37.3. The molecule has 0 aromatic heterocycles. The smallest absolute Gasteiger partial charge is 0.504 e. The van der Waals surface area contributed by atoms with Crippen molar-refractivity contribution >= 4 is 161 Å². The molecule has 0 saturated heterocycles. The summed E-state index contributed by atoms with van der Waals surface area (Å²) in [5.74, 6) is 0. The summed E-state index contributed by atoms with van der Waals surface area (Å²) in [4.78, 5) is 28.2. The zero-order valence-electron chi connectivity index (χ0n) is 42.2. The molecule has 8 aliphatic heterocycles. The Morgan fingerprint density at radius 2 is 0.526 bits per heavy atom. The summed E-state index contributed by atoms with van der Waals surface area (Å²) in [7, 11) is 8.51. The summed E-state index contributed by atoms with van der Waals surface area (Å²) in [5, 5.41) is 0. The molecule has 0 unspecified atom stereocenters. The van der Waals surface area contributed by atoms with Crippen LogP contribution in [-0.4, -0.2) is 41.6 Å². The Labute approximate surface area is 502 Å². The minimum Gasteiger partial charge on any atom is -0.504 e. The van der Waals surface area contributed by atoms with E-state index in [1.54, 1.807) is 0 Å². The van der Waals surface area contributed by atoms with Crippen molar-refractivity contribution < 1.29 is 42.1 Å². The Hall–Kier alpha value is -5.71. The van der Waals surface area contributed by atoms with Crippen LogP contribution in [0.25, 0.3) is 0 Å². The van der Waals surface area contributed by atoms with Gasteiger partial charge in [0.2, 0.25) is 0 Å². The molecule has 0 radical (unpaired) electrons. The molecule has 0 spiro atoms. The zero-order valence-corrected chi connectivity index (χ0v) is 50.0. The minimum atomic E-state index is -0.124. The van der Waals surface area contributed by atoms with E-state index >= 15 is 0 Å². The van der Waals surface area contributed by atoms with Gasteiger partial charge in [-0.15, -0.1) is 66.6 Å². The Morgan fingerprint density at radius 1 is 0.308 bits per heavy atom. The summed E-state index contributed by atoms with van der Waals surface area (Å²) >= 11 is 7.69. The minimum absolute atomic E-state index is 0. The van der Waals surface area contributed by atoms with Crippen LogP contribution >= 0.6 is 47.0 Å². The van der Waals surface area contributed by atoms with Crippen molar-refractivity contribution in [1.82, 2.24) is 0 Å². The second kappa shape index (κ2) is 18.4. The van der Waals surface area contributed by atoms with E-state index in [9.17, 15) is 0 Å². The van der Waals surface area contributed by atoms with Crippen LogP contribution in [0.4, 0.5) is 68.2 Å². The van der Waals surface area contributed by atoms with Crippen LogP contribution < -0.4 is 72.0 Å². The second-order valence-electron chi connectivity index (χ2n) is 20.2. The molecule has 17 rings (SSSR count). The first-order valence-electron chi connectivity index (χ1n) is 25.4. The number of hydrogen-bond acceptors (Lipinski definition) is 12. The largest absolute Gasteiger partial charge is 4.00 e. The van der Waals surface area contributed by atoms with E-state index < -0.39 is 0 Å². The fourth-order valence-electron chi connectivity index (χ4n) is 12.5. The van der Waals surface area contributed by atoms with Crippen LogP contribution in [0.15, 0.2) is 185 Å². The summed E-state index contributed by atoms with van der Waals surface area (Å²) in [6.45, 7) is 8.51. The maximum absolute atomic E-state index is 4.12. The summed E-state index contributed by atoms with van der Waals surface area (Å²) in [5.41, 5.74) is 20.9. The third-order valence-corrected chi connectivity index (χ3v) is 21.0. The molecule has 0 saturated carbocycles. The van der Waals surface area contributed by atoms with Crippen LogP contribution in [-0.2, 0) is 42.1 Å². The fourth-order valence-corrected chi connectivity index (χ4v) is 17.8. The second-order valence-corrected chi connectivity index (χ2v) is 24.5. The fraction of sp³-hybridized carbons (Fsp3) is 0.0645. The molecule has 0 fully saturated rings. The zero-order chi connectivity index (χ0) is 50.2. The molecule has 0 aliphatic carbocycles. The first kappa shape index (κ1) is 49.3. The Bertz CT molecular complexity index is 3550. The van der Waals surface area contributed by atoms with Crippen molar-refractivity contribution in [3.05, 3.63) is 197 Å². The van der Waals surface area contributed by atoms with Crippen LogP contribution in [0.1, 0.15) is 0 Å². The third-order valence-electron chi connectivity index (χ3n) is 15.9. The molecule has 9 aromatic carbocycles. The number of hydrogen-bond donors (Lipinski definition) is 0. The van der Waals surface area contributed by atoms with Gasteiger partial charge in [-0.25, -0.2) is 0 Å².